The van der Waals surface area contributed by atoms with E-state index in [1.54, 1.807) is 24.3 Å². The third-order valence-electron chi connectivity index (χ3n) is 8.55. The van der Waals surface area contributed by atoms with E-state index >= 15 is 0 Å². The Morgan fingerprint density at radius 1 is 0.407 bits per heavy atom. The van der Waals surface area contributed by atoms with Gasteiger partial charge in [0.25, 0.3) is 30.4 Å². The predicted molar refractivity (Wildman–Crippen MR) is 191 cm³/mol. The first-order valence-corrected chi connectivity index (χ1v) is 19.2. The van der Waals surface area contributed by atoms with Crippen LogP contribution in [0.2, 0.25) is 0 Å². The third-order valence-corrected chi connectivity index (χ3v) is 11.1. The molecule has 2 aliphatic heterocycles. The topological polar surface area (TPSA) is 272 Å². The minimum Gasteiger partial charge on any atom is -1.00 e. The zero-order valence-electron chi connectivity index (χ0n) is 26.7. The van der Waals surface area contributed by atoms with Crippen molar-refractivity contribution in [1.82, 2.24) is 39.9 Å². The molecule has 0 unspecified atom stereocenters. The molecule has 4 aromatic carbocycles. The monoisotopic (exact) mass is 816 g/mol. The number of nitrogens with one attached hydrogen (secondary N) is 2. The minimum absolute atomic E-state index is 0. The van der Waals surface area contributed by atoms with Crippen molar-refractivity contribution in [2.45, 2.75) is 14.7 Å². The van der Waals surface area contributed by atoms with Gasteiger partial charge >= 0.3 is 17.4 Å². The number of rotatable bonds is 3. The van der Waals surface area contributed by atoms with Crippen LogP contribution in [0.4, 0.5) is 0 Å². The molecule has 5 N–H and O–H groups in total. The van der Waals surface area contributed by atoms with Crippen LogP contribution >= 0.6 is 0 Å². The summed E-state index contributed by atoms with van der Waals surface area (Å²) in [6, 6.07) is 18.4. The predicted octanol–water partition coefficient (Wildman–Crippen LogP) is 1.23. The van der Waals surface area contributed by atoms with Crippen molar-refractivity contribution in [3.8, 4) is 45.6 Å². The van der Waals surface area contributed by atoms with Crippen molar-refractivity contribution >= 4 is 91.8 Å². The number of fused-ring (bicyclic) bond motifs is 20. The Kier molecular flexibility index (Phi) is 8.73. The maximum atomic E-state index is 12.2. The summed E-state index contributed by atoms with van der Waals surface area (Å²) in [5.74, 6) is 0.327. The molecule has 2 aliphatic rings. The molecule has 0 atom stereocenters. The van der Waals surface area contributed by atoms with Gasteiger partial charge in [0.15, 0.2) is 23.3 Å². The molecule has 0 saturated heterocycles. The van der Waals surface area contributed by atoms with E-state index in [9.17, 15) is 38.9 Å². The van der Waals surface area contributed by atoms with E-state index in [4.69, 9.17) is 15.0 Å². The first-order chi connectivity index (χ1) is 24.6. The first-order valence-electron chi connectivity index (χ1n) is 14.9. The molecule has 22 heteroatoms. The van der Waals surface area contributed by atoms with Gasteiger partial charge in [0, 0.05) is 43.8 Å². The van der Waals surface area contributed by atoms with E-state index in [0.29, 0.717) is 27.5 Å². The van der Waals surface area contributed by atoms with Gasteiger partial charge < -0.3 is 22.4 Å². The van der Waals surface area contributed by atoms with E-state index in [-0.39, 0.29) is 92.0 Å². The van der Waals surface area contributed by atoms with Crippen LogP contribution in [-0.2, 0) is 30.4 Å². The van der Waals surface area contributed by atoms with Crippen molar-refractivity contribution in [3.05, 3.63) is 78.9 Å². The molecular weight excluding hydrogens is 799 g/mol. The van der Waals surface area contributed by atoms with Crippen LogP contribution in [0.3, 0.4) is 0 Å². The van der Waals surface area contributed by atoms with Crippen molar-refractivity contribution in [1.29, 1.82) is 0 Å². The third kappa shape index (κ3) is 6.10. The molecule has 3 aromatic heterocycles. The van der Waals surface area contributed by atoms with E-state index in [1.807, 2.05) is 0 Å². The Hall–Kier alpha value is -5.21. The van der Waals surface area contributed by atoms with Gasteiger partial charge in [0.2, 0.25) is 0 Å². The quantitative estimate of drug-likeness (QED) is 0.124. The van der Waals surface area contributed by atoms with Gasteiger partial charge in [-0.3, -0.25) is 13.7 Å². The molecular formula is C32H18AlClN8O9S3+2. The SMILES string of the molecule is O=S(=O)(O)c1ccc2c(c1)-c1nc-2nc2[nH]c(nc3nc(nc4[nH]c(n1)c1cc(S(=O)(=O)O)ccc41)-c1ccccc1-3)c1cc(S(=O)(=O)O)ccc21.[Al+3].[Cl-]. The van der Waals surface area contributed by atoms with Crippen LogP contribution in [0.25, 0.3) is 89.7 Å². The Bertz CT molecular complexity index is 3300. The molecule has 7 aromatic rings. The van der Waals surface area contributed by atoms with Gasteiger partial charge in [-0.1, -0.05) is 24.3 Å². The van der Waals surface area contributed by atoms with Gasteiger partial charge in [-0.2, -0.15) is 25.3 Å². The first kappa shape index (κ1) is 37.1. The molecule has 8 bridgehead atoms. The molecule has 0 aliphatic carbocycles. The van der Waals surface area contributed by atoms with Crippen LogP contribution in [-0.4, -0.2) is 96.1 Å². The van der Waals surface area contributed by atoms with Crippen LogP contribution in [0, 0.1) is 0 Å². The summed E-state index contributed by atoms with van der Waals surface area (Å²) < 4.78 is 102. The van der Waals surface area contributed by atoms with Gasteiger partial charge in [0.1, 0.15) is 22.6 Å². The molecule has 0 amide bonds. The molecule has 0 saturated carbocycles. The summed E-state index contributed by atoms with van der Waals surface area (Å²) in [6.07, 6.45) is 0. The molecule has 5 heterocycles. The van der Waals surface area contributed by atoms with Gasteiger partial charge in [-0.05, 0) is 54.6 Å². The number of hydrogen-bond acceptors (Lipinski definition) is 12. The fraction of sp³-hybridized carbons (Fsp3) is 0. The maximum Gasteiger partial charge on any atom is 3.00 e. The van der Waals surface area contributed by atoms with E-state index in [2.05, 4.69) is 24.9 Å². The summed E-state index contributed by atoms with van der Waals surface area (Å²) in [4.78, 5) is 33.0. The summed E-state index contributed by atoms with van der Waals surface area (Å²) in [5.41, 5.74) is 2.06. The maximum absolute atomic E-state index is 12.2. The Morgan fingerprint density at radius 2 is 0.741 bits per heavy atom. The normalized spacial score (nSPS) is 12.5. The molecule has 0 radical (unpaired) electrons. The minimum atomic E-state index is -4.68. The Morgan fingerprint density at radius 3 is 1.15 bits per heavy atom. The zero-order valence-corrected chi connectivity index (χ0v) is 31.0. The van der Waals surface area contributed by atoms with E-state index in [0.717, 1.165) is 12.1 Å². The van der Waals surface area contributed by atoms with Gasteiger partial charge in [-0.15, -0.1) is 0 Å². The van der Waals surface area contributed by atoms with Crippen LogP contribution in [0.5, 0.6) is 0 Å². The molecule has 17 nitrogen and oxygen atoms in total. The van der Waals surface area contributed by atoms with Gasteiger partial charge in [-0.25, -0.2) is 29.9 Å². The van der Waals surface area contributed by atoms with Gasteiger partial charge in [0.05, 0.1) is 14.7 Å². The number of benzene rings is 4. The van der Waals surface area contributed by atoms with Crippen molar-refractivity contribution in [3.63, 3.8) is 0 Å². The number of hydrogen-bond donors (Lipinski definition) is 5. The molecule has 0 fully saturated rings. The average Bonchev–Trinajstić information content (AvgIpc) is 3.82. The Labute approximate surface area is 320 Å². The van der Waals surface area contributed by atoms with Crippen LogP contribution < -0.4 is 12.4 Å². The smallest absolute Gasteiger partial charge is 1.00 e. The average molecular weight is 817 g/mol. The summed E-state index contributed by atoms with van der Waals surface area (Å²) >= 11 is 0. The Balaban J connectivity index is 0.00000225. The second-order valence-corrected chi connectivity index (χ2v) is 16.0. The van der Waals surface area contributed by atoms with E-state index in [1.165, 1.54) is 42.5 Å². The van der Waals surface area contributed by atoms with E-state index < -0.39 is 45.0 Å². The molecule has 0 spiro atoms. The summed E-state index contributed by atoms with van der Waals surface area (Å²) in [6.45, 7) is 0. The number of aromatic nitrogens is 8. The number of H-pyrrole nitrogens is 2. The largest absolute Gasteiger partial charge is 3.00 e. The number of halogens is 1. The summed E-state index contributed by atoms with van der Waals surface area (Å²) in [5, 5.41) is 1.21. The molecule has 54 heavy (non-hydrogen) atoms. The second-order valence-electron chi connectivity index (χ2n) is 11.7. The van der Waals surface area contributed by atoms with Crippen molar-refractivity contribution in [2.24, 2.45) is 0 Å². The molecule has 266 valence electrons. The standard InChI is InChI=1S/C32H18N8O9S3.Al.ClH/c41-50(42,43)14-5-8-19-22(11-14)30-36-26-18-4-2-1-3-17(18)25(33-26)34-27-20-9-6-15(51(44,45)46)12-23(20)31(38-27)40-32-24-13-16(52(47,48)49)7-10-21(24)29(39-32)35-28(19)37-30;;/h1-13H,(H,41,42,43)(H,44,45,46)(H,47,48,49)(H2,33,34,35,36,37,38,39,40);;1H/q;+3;/p-1. The number of nitrogens with zero attached hydrogens (tertiary/aromatic N) is 6. The number of aromatic amines is 2. The molecule has 9 rings (SSSR count). The fourth-order valence-corrected chi connectivity index (χ4v) is 7.68. The van der Waals surface area contributed by atoms with Crippen molar-refractivity contribution < 1.29 is 51.3 Å². The van der Waals surface area contributed by atoms with Crippen LogP contribution in [0.1, 0.15) is 0 Å². The van der Waals surface area contributed by atoms with Crippen LogP contribution in [0.15, 0.2) is 93.5 Å². The summed E-state index contributed by atoms with van der Waals surface area (Å²) in [7, 11) is -14.0. The van der Waals surface area contributed by atoms with Crippen molar-refractivity contribution in [2.75, 3.05) is 0 Å². The second kappa shape index (κ2) is 12.7. The fourth-order valence-electron chi connectivity index (χ4n) is 6.16. The zero-order chi connectivity index (χ0) is 36.3.